The minimum absolute atomic E-state index is 0.195. The fourth-order valence-corrected chi connectivity index (χ4v) is 0.933. The Labute approximate surface area is 77.2 Å². The van der Waals surface area contributed by atoms with Crippen LogP contribution >= 0.6 is 0 Å². The number of rotatable bonds is 1. The largest absolute Gasteiger partial charge is 0.508 e. The van der Waals surface area contributed by atoms with Crippen molar-refractivity contribution >= 4 is 6.29 Å². The summed E-state index contributed by atoms with van der Waals surface area (Å²) in [6.45, 7) is 1.91. The van der Waals surface area contributed by atoms with Crippen molar-refractivity contribution in [3.63, 3.8) is 0 Å². The summed E-state index contributed by atoms with van der Waals surface area (Å²) in [7, 11) is 0. The van der Waals surface area contributed by atoms with Crippen molar-refractivity contribution in [2.45, 2.75) is 13.3 Å². The molecule has 0 unspecified atom stereocenters. The number of hydrogen-bond donors (Lipinski definition) is 1. The Balaban J connectivity index is 2.95. The van der Waals surface area contributed by atoms with Crippen LogP contribution in [0.3, 0.4) is 0 Å². The zero-order valence-electron chi connectivity index (χ0n) is 7.37. The van der Waals surface area contributed by atoms with E-state index in [4.69, 9.17) is 5.11 Å². The second kappa shape index (κ2) is 4.32. The molecule has 1 N–H and O–H groups in total. The Morgan fingerprint density at radius 2 is 2.31 bits per heavy atom. The zero-order valence-corrected chi connectivity index (χ0v) is 7.37. The van der Waals surface area contributed by atoms with E-state index in [-0.39, 0.29) is 12.2 Å². The zero-order chi connectivity index (χ0) is 9.68. The summed E-state index contributed by atoms with van der Waals surface area (Å²) in [4.78, 5) is 10.00. The van der Waals surface area contributed by atoms with Crippen LogP contribution in [0.5, 0.6) is 5.75 Å². The maximum absolute atomic E-state index is 10.00. The third-order valence-corrected chi connectivity index (χ3v) is 1.63. The van der Waals surface area contributed by atoms with E-state index in [0.717, 1.165) is 17.4 Å². The smallest absolute Gasteiger partial charge is 0.131 e. The van der Waals surface area contributed by atoms with Crippen molar-refractivity contribution in [3.05, 3.63) is 29.3 Å². The second-order valence-corrected chi connectivity index (χ2v) is 2.67. The SMILES string of the molecule is Cc1ccc(O)cc1C#CCC=O. The molecule has 13 heavy (non-hydrogen) atoms. The van der Waals surface area contributed by atoms with Gasteiger partial charge in [-0.25, -0.2) is 0 Å². The van der Waals surface area contributed by atoms with E-state index in [9.17, 15) is 4.79 Å². The first-order valence-electron chi connectivity index (χ1n) is 3.96. The first-order chi connectivity index (χ1) is 6.24. The van der Waals surface area contributed by atoms with E-state index < -0.39 is 0 Å². The molecule has 0 saturated heterocycles. The minimum atomic E-state index is 0.195. The number of aryl methyl sites for hydroxylation is 1. The molecule has 0 saturated carbocycles. The summed E-state index contributed by atoms with van der Waals surface area (Å²) >= 11 is 0. The molecular weight excluding hydrogens is 164 g/mol. The highest BCUT2D eigenvalue weighted by molar-refractivity contribution is 5.55. The van der Waals surface area contributed by atoms with E-state index in [1.165, 1.54) is 0 Å². The van der Waals surface area contributed by atoms with Gasteiger partial charge in [-0.3, -0.25) is 0 Å². The molecule has 0 aliphatic carbocycles. The third kappa shape index (κ3) is 2.64. The molecule has 1 rings (SSSR count). The highest BCUT2D eigenvalue weighted by atomic mass is 16.3. The van der Waals surface area contributed by atoms with Crippen molar-refractivity contribution < 1.29 is 9.90 Å². The Morgan fingerprint density at radius 1 is 1.54 bits per heavy atom. The number of phenols is 1. The predicted molar refractivity (Wildman–Crippen MR) is 50.4 cm³/mol. The van der Waals surface area contributed by atoms with Crippen molar-refractivity contribution in [1.29, 1.82) is 0 Å². The maximum atomic E-state index is 10.00. The van der Waals surface area contributed by atoms with Crippen LogP contribution in [0.2, 0.25) is 0 Å². The van der Waals surface area contributed by atoms with Crippen LogP contribution in [0.15, 0.2) is 18.2 Å². The summed E-state index contributed by atoms with van der Waals surface area (Å²) in [6, 6.07) is 4.99. The summed E-state index contributed by atoms with van der Waals surface area (Å²) in [5.41, 5.74) is 1.76. The second-order valence-electron chi connectivity index (χ2n) is 2.67. The van der Waals surface area contributed by atoms with Crippen LogP contribution in [0.1, 0.15) is 17.5 Å². The number of aldehydes is 1. The molecule has 0 atom stereocenters. The maximum Gasteiger partial charge on any atom is 0.131 e. The standard InChI is InChI=1S/C11H10O2/c1-9-5-6-11(13)8-10(9)4-2-3-7-12/h5-8,13H,3H2,1H3. The molecule has 0 heterocycles. The van der Waals surface area contributed by atoms with Gasteiger partial charge in [0.1, 0.15) is 12.0 Å². The van der Waals surface area contributed by atoms with Crippen molar-refractivity contribution in [2.24, 2.45) is 0 Å². The fourth-order valence-electron chi connectivity index (χ4n) is 0.933. The van der Waals surface area contributed by atoms with E-state index in [1.807, 2.05) is 6.92 Å². The molecule has 0 aliphatic heterocycles. The Morgan fingerprint density at radius 3 is 3.00 bits per heavy atom. The third-order valence-electron chi connectivity index (χ3n) is 1.63. The Bertz CT molecular complexity index is 369. The predicted octanol–water partition coefficient (Wildman–Crippen LogP) is 1.64. The summed E-state index contributed by atoms with van der Waals surface area (Å²) in [6.07, 6.45) is 0.986. The van der Waals surface area contributed by atoms with Gasteiger partial charge in [0.05, 0.1) is 6.42 Å². The van der Waals surface area contributed by atoms with Gasteiger partial charge in [0.2, 0.25) is 0 Å². The average molecular weight is 174 g/mol. The number of benzene rings is 1. The lowest BCUT2D eigenvalue weighted by molar-refractivity contribution is -0.107. The van der Waals surface area contributed by atoms with Crippen molar-refractivity contribution in [1.82, 2.24) is 0 Å². The molecular formula is C11H10O2. The monoisotopic (exact) mass is 174 g/mol. The fraction of sp³-hybridized carbons (Fsp3) is 0.182. The van der Waals surface area contributed by atoms with Crippen LogP contribution in [0.25, 0.3) is 0 Å². The first-order valence-corrected chi connectivity index (χ1v) is 3.96. The van der Waals surface area contributed by atoms with E-state index in [0.29, 0.717) is 0 Å². The van der Waals surface area contributed by atoms with Gasteiger partial charge in [-0.05, 0) is 24.6 Å². The van der Waals surface area contributed by atoms with Crippen LogP contribution in [-0.2, 0) is 4.79 Å². The van der Waals surface area contributed by atoms with Crippen LogP contribution in [0, 0.1) is 18.8 Å². The lowest BCUT2D eigenvalue weighted by Gasteiger charge is -1.97. The molecule has 0 amide bonds. The van der Waals surface area contributed by atoms with Gasteiger partial charge < -0.3 is 9.90 Å². The van der Waals surface area contributed by atoms with Gasteiger partial charge in [-0.1, -0.05) is 17.9 Å². The van der Waals surface area contributed by atoms with E-state index in [2.05, 4.69) is 11.8 Å². The number of phenolic OH excluding ortho intramolecular Hbond substituents is 1. The topological polar surface area (TPSA) is 37.3 Å². The van der Waals surface area contributed by atoms with Gasteiger partial charge in [0.15, 0.2) is 0 Å². The number of hydrogen-bond acceptors (Lipinski definition) is 2. The summed E-state index contributed by atoms with van der Waals surface area (Å²) in [5.74, 6) is 5.70. The molecule has 0 bridgehead atoms. The lowest BCUT2D eigenvalue weighted by atomic mass is 10.1. The van der Waals surface area contributed by atoms with Gasteiger partial charge >= 0.3 is 0 Å². The normalized spacial score (nSPS) is 8.69. The lowest BCUT2D eigenvalue weighted by Crippen LogP contribution is -1.81. The Kier molecular flexibility index (Phi) is 3.10. The molecule has 0 aliphatic rings. The average Bonchev–Trinajstić information content (AvgIpc) is 2.11. The van der Waals surface area contributed by atoms with Gasteiger partial charge in [0, 0.05) is 5.56 Å². The number of aromatic hydroxyl groups is 1. The molecule has 2 nitrogen and oxygen atoms in total. The summed E-state index contributed by atoms with van der Waals surface area (Å²) < 4.78 is 0. The van der Waals surface area contributed by atoms with Crippen LogP contribution < -0.4 is 0 Å². The van der Waals surface area contributed by atoms with Crippen molar-refractivity contribution in [2.75, 3.05) is 0 Å². The number of carbonyl (C=O) groups is 1. The molecule has 0 aromatic heterocycles. The highest BCUT2D eigenvalue weighted by Gasteiger charge is 1.94. The van der Waals surface area contributed by atoms with Gasteiger partial charge in [0.25, 0.3) is 0 Å². The molecule has 1 aromatic carbocycles. The molecule has 2 heteroatoms. The molecule has 0 spiro atoms. The quantitative estimate of drug-likeness (QED) is 0.519. The van der Waals surface area contributed by atoms with Gasteiger partial charge in [-0.2, -0.15) is 0 Å². The molecule has 1 aromatic rings. The molecule has 66 valence electrons. The minimum Gasteiger partial charge on any atom is -0.508 e. The van der Waals surface area contributed by atoms with Crippen LogP contribution in [0.4, 0.5) is 0 Å². The highest BCUT2D eigenvalue weighted by Crippen LogP contribution is 2.14. The van der Waals surface area contributed by atoms with Crippen LogP contribution in [-0.4, -0.2) is 11.4 Å². The first kappa shape index (κ1) is 9.34. The van der Waals surface area contributed by atoms with Crippen molar-refractivity contribution in [3.8, 4) is 17.6 Å². The van der Waals surface area contributed by atoms with E-state index in [1.54, 1.807) is 18.2 Å². The molecule has 0 fully saturated rings. The molecule has 0 radical (unpaired) electrons. The number of carbonyl (C=O) groups excluding carboxylic acids is 1. The Hall–Kier alpha value is -1.75. The van der Waals surface area contributed by atoms with E-state index >= 15 is 0 Å². The van der Waals surface area contributed by atoms with Gasteiger partial charge in [-0.15, -0.1) is 0 Å². The summed E-state index contributed by atoms with van der Waals surface area (Å²) in [5, 5.41) is 9.16.